The highest BCUT2D eigenvalue weighted by Crippen LogP contribution is 2.33. The average Bonchev–Trinajstić information content (AvgIpc) is 3.16. The van der Waals surface area contributed by atoms with Crippen LogP contribution in [0.15, 0.2) is 16.8 Å². The molecule has 1 atom stereocenters. The molecule has 1 saturated heterocycles. The van der Waals surface area contributed by atoms with Crippen molar-refractivity contribution in [3.8, 4) is 0 Å². The quantitative estimate of drug-likeness (QED) is 0.944. The first kappa shape index (κ1) is 14.8. The van der Waals surface area contributed by atoms with E-state index in [1.165, 1.54) is 0 Å². The molecule has 6 heteroatoms. The largest absolute Gasteiger partial charge is 0.361 e. The lowest BCUT2D eigenvalue weighted by Crippen LogP contribution is -2.39. The van der Waals surface area contributed by atoms with Gasteiger partial charge >= 0.3 is 0 Å². The SMILES string of the molecule is Cc1onc(C(C)C)c1C(=O)N1CCCC[C@@H]1c1ccn[nH]1. The van der Waals surface area contributed by atoms with Gasteiger partial charge in [0.1, 0.15) is 11.3 Å². The van der Waals surface area contributed by atoms with Gasteiger partial charge in [-0.05, 0) is 38.2 Å². The highest BCUT2D eigenvalue weighted by Gasteiger charge is 2.33. The summed E-state index contributed by atoms with van der Waals surface area (Å²) >= 11 is 0. The molecule has 1 fully saturated rings. The van der Waals surface area contributed by atoms with E-state index in [-0.39, 0.29) is 17.9 Å². The van der Waals surface area contributed by atoms with Crippen LogP contribution in [-0.4, -0.2) is 32.7 Å². The normalized spacial score (nSPS) is 18.9. The molecule has 0 spiro atoms. The number of rotatable bonds is 3. The van der Waals surface area contributed by atoms with Crippen LogP contribution in [0.1, 0.15) is 72.6 Å². The number of aromatic nitrogens is 3. The molecule has 1 aliphatic rings. The molecule has 0 aromatic carbocycles. The predicted molar refractivity (Wildman–Crippen MR) is 81.5 cm³/mol. The highest BCUT2D eigenvalue weighted by molar-refractivity contribution is 5.96. The summed E-state index contributed by atoms with van der Waals surface area (Å²) in [4.78, 5) is 15.0. The van der Waals surface area contributed by atoms with Gasteiger partial charge in [0, 0.05) is 12.7 Å². The van der Waals surface area contributed by atoms with E-state index in [0.29, 0.717) is 11.3 Å². The van der Waals surface area contributed by atoms with Gasteiger partial charge in [-0.1, -0.05) is 19.0 Å². The number of carbonyl (C=O) groups is 1. The lowest BCUT2D eigenvalue weighted by molar-refractivity contribution is 0.0603. The first-order chi connectivity index (χ1) is 10.6. The number of aryl methyl sites for hydroxylation is 1. The Balaban J connectivity index is 1.94. The van der Waals surface area contributed by atoms with Crippen LogP contribution < -0.4 is 0 Å². The number of likely N-dealkylation sites (tertiary alicyclic amines) is 1. The minimum Gasteiger partial charge on any atom is -0.361 e. The number of hydrogen-bond donors (Lipinski definition) is 1. The van der Waals surface area contributed by atoms with Gasteiger partial charge in [0.15, 0.2) is 0 Å². The molecule has 1 aliphatic heterocycles. The third-order valence-corrected chi connectivity index (χ3v) is 4.29. The van der Waals surface area contributed by atoms with E-state index in [1.807, 2.05) is 24.8 Å². The van der Waals surface area contributed by atoms with Crippen molar-refractivity contribution in [1.29, 1.82) is 0 Å². The Morgan fingerprint density at radius 2 is 2.27 bits per heavy atom. The topological polar surface area (TPSA) is 75.0 Å². The number of aromatic amines is 1. The van der Waals surface area contributed by atoms with Crippen LogP contribution >= 0.6 is 0 Å². The van der Waals surface area contributed by atoms with Crippen molar-refractivity contribution in [2.45, 2.75) is 52.0 Å². The standard InChI is InChI=1S/C16H22N4O2/c1-10(2)15-14(11(3)22-19-15)16(21)20-9-5-4-6-13(20)12-7-8-17-18-12/h7-8,10,13H,4-6,9H2,1-3H3,(H,17,18)/t13-/m1/s1. The van der Waals surface area contributed by atoms with E-state index in [1.54, 1.807) is 13.1 Å². The number of amides is 1. The Morgan fingerprint density at radius 3 is 2.95 bits per heavy atom. The van der Waals surface area contributed by atoms with Gasteiger partial charge in [-0.25, -0.2) is 0 Å². The number of hydrogen-bond acceptors (Lipinski definition) is 4. The molecule has 0 bridgehead atoms. The lowest BCUT2D eigenvalue weighted by atomic mass is 9.96. The number of nitrogens with one attached hydrogen (secondary N) is 1. The van der Waals surface area contributed by atoms with Crippen LogP contribution in [0.25, 0.3) is 0 Å². The minimum atomic E-state index is 0.0155. The Labute approximate surface area is 129 Å². The Morgan fingerprint density at radius 1 is 1.45 bits per heavy atom. The fourth-order valence-corrected chi connectivity index (χ4v) is 3.14. The van der Waals surface area contributed by atoms with Gasteiger partial charge in [-0.15, -0.1) is 0 Å². The molecule has 0 saturated carbocycles. The van der Waals surface area contributed by atoms with Gasteiger partial charge in [-0.2, -0.15) is 5.10 Å². The summed E-state index contributed by atoms with van der Waals surface area (Å²) in [5.74, 6) is 0.774. The minimum absolute atomic E-state index is 0.0155. The predicted octanol–water partition coefficient (Wildman–Crippen LogP) is 3.20. The zero-order chi connectivity index (χ0) is 15.7. The van der Waals surface area contributed by atoms with Crippen LogP contribution in [0.3, 0.4) is 0 Å². The van der Waals surface area contributed by atoms with Gasteiger partial charge in [0.2, 0.25) is 0 Å². The zero-order valence-corrected chi connectivity index (χ0v) is 13.3. The van der Waals surface area contributed by atoms with Crippen molar-refractivity contribution >= 4 is 5.91 Å². The Kier molecular flexibility index (Phi) is 4.00. The van der Waals surface area contributed by atoms with Crippen molar-refractivity contribution in [2.75, 3.05) is 6.54 Å². The molecular weight excluding hydrogens is 280 g/mol. The molecular formula is C16H22N4O2. The molecule has 0 radical (unpaired) electrons. The molecule has 1 amide bonds. The maximum absolute atomic E-state index is 13.1. The highest BCUT2D eigenvalue weighted by atomic mass is 16.5. The van der Waals surface area contributed by atoms with Crippen molar-refractivity contribution in [3.05, 3.63) is 35.0 Å². The Hall–Kier alpha value is -2.11. The summed E-state index contributed by atoms with van der Waals surface area (Å²) < 4.78 is 5.28. The van der Waals surface area contributed by atoms with Crippen LogP contribution in [0.4, 0.5) is 0 Å². The van der Waals surface area contributed by atoms with Crippen LogP contribution in [0, 0.1) is 6.92 Å². The number of piperidine rings is 1. The maximum atomic E-state index is 13.1. The van der Waals surface area contributed by atoms with Crippen LogP contribution in [0.2, 0.25) is 0 Å². The monoisotopic (exact) mass is 302 g/mol. The zero-order valence-electron chi connectivity index (χ0n) is 13.3. The first-order valence-corrected chi connectivity index (χ1v) is 7.86. The molecule has 0 unspecified atom stereocenters. The summed E-state index contributed by atoms with van der Waals surface area (Å²) in [6.45, 7) is 6.61. The second kappa shape index (κ2) is 5.94. The number of H-pyrrole nitrogens is 1. The summed E-state index contributed by atoms with van der Waals surface area (Å²) in [5, 5.41) is 11.1. The first-order valence-electron chi connectivity index (χ1n) is 7.86. The van der Waals surface area contributed by atoms with E-state index in [4.69, 9.17) is 4.52 Å². The lowest BCUT2D eigenvalue weighted by Gasteiger charge is -2.35. The van der Waals surface area contributed by atoms with Crippen LogP contribution in [-0.2, 0) is 0 Å². The van der Waals surface area contributed by atoms with E-state index in [2.05, 4.69) is 15.4 Å². The van der Waals surface area contributed by atoms with Gasteiger partial charge < -0.3 is 9.42 Å². The summed E-state index contributed by atoms with van der Waals surface area (Å²) in [6.07, 6.45) is 4.83. The molecule has 118 valence electrons. The number of carbonyl (C=O) groups excluding carboxylic acids is 1. The smallest absolute Gasteiger partial charge is 0.259 e. The number of nitrogens with zero attached hydrogens (tertiary/aromatic N) is 3. The molecule has 0 aliphatic carbocycles. The average molecular weight is 302 g/mol. The van der Waals surface area contributed by atoms with Crippen molar-refractivity contribution in [2.24, 2.45) is 0 Å². The van der Waals surface area contributed by atoms with Crippen molar-refractivity contribution in [1.82, 2.24) is 20.3 Å². The summed E-state index contributed by atoms with van der Waals surface area (Å²) in [5.41, 5.74) is 2.37. The van der Waals surface area contributed by atoms with E-state index < -0.39 is 0 Å². The summed E-state index contributed by atoms with van der Waals surface area (Å²) in [7, 11) is 0. The van der Waals surface area contributed by atoms with Crippen molar-refractivity contribution in [3.63, 3.8) is 0 Å². The molecule has 2 aromatic heterocycles. The van der Waals surface area contributed by atoms with Gasteiger partial charge in [-0.3, -0.25) is 9.89 Å². The molecule has 2 aromatic rings. The fraction of sp³-hybridized carbons (Fsp3) is 0.562. The van der Waals surface area contributed by atoms with Crippen LogP contribution in [0.5, 0.6) is 0 Å². The summed E-state index contributed by atoms with van der Waals surface area (Å²) in [6, 6.07) is 2.00. The molecule has 6 nitrogen and oxygen atoms in total. The van der Waals surface area contributed by atoms with E-state index in [9.17, 15) is 4.79 Å². The molecule has 3 heterocycles. The maximum Gasteiger partial charge on any atom is 0.259 e. The molecule has 3 rings (SSSR count). The molecule has 1 N–H and O–H groups in total. The Bertz CT molecular complexity index is 645. The molecule has 22 heavy (non-hydrogen) atoms. The second-order valence-electron chi connectivity index (χ2n) is 6.18. The third kappa shape index (κ3) is 2.53. The van der Waals surface area contributed by atoms with E-state index in [0.717, 1.165) is 37.2 Å². The van der Waals surface area contributed by atoms with E-state index >= 15 is 0 Å². The second-order valence-corrected chi connectivity index (χ2v) is 6.18. The fourth-order valence-electron chi connectivity index (χ4n) is 3.14. The van der Waals surface area contributed by atoms with Crippen molar-refractivity contribution < 1.29 is 9.32 Å². The third-order valence-electron chi connectivity index (χ3n) is 4.29. The van der Waals surface area contributed by atoms with Gasteiger partial charge in [0.05, 0.1) is 17.4 Å². The van der Waals surface area contributed by atoms with Gasteiger partial charge in [0.25, 0.3) is 5.91 Å².